The van der Waals surface area contributed by atoms with Crippen molar-refractivity contribution in [1.29, 1.82) is 0 Å². The lowest BCUT2D eigenvalue weighted by atomic mass is 9.96. The SMILES string of the molecule is CN.[B]c1ccc2cc(CO)oc2c1. The van der Waals surface area contributed by atoms with E-state index in [0.29, 0.717) is 11.2 Å². The third kappa shape index (κ3) is 2.16. The highest BCUT2D eigenvalue weighted by Crippen LogP contribution is 2.17. The van der Waals surface area contributed by atoms with Crippen LogP contribution in [0.15, 0.2) is 28.7 Å². The third-order valence-electron chi connectivity index (χ3n) is 1.75. The van der Waals surface area contributed by atoms with E-state index in [1.54, 1.807) is 18.2 Å². The van der Waals surface area contributed by atoms with E-state index in [1.807, 2.05) is 6.07 Å². The minimum Gasteiger partial charge on any atom is -0.459 e. The van der Waals surface area contributed by atoms with Crippen LogP contribution in [-0.2, 0) is 6.61 Å². The average Bonchev–Trinajstić information content (AvgIpc) is 2.62. The highest BCUT2D eigenvalue weighted by molar-refractivity contribution is 6.33. The number of nitrogens with two attached hydrogens (primary N) is 1. The normalized spacial score (nSPS) is 9.64. The summed E-state index contributed by atoms with van der Waals surface area (Å²) in [5.41, 5.74) is 5.89. The number of aliphatic hydroxyl groups excluding tert-OH is 1. The van der Waals surface area contributed by atoms with Crippen LogP contribution in [0.25, 0.3) is 11.0 Å². The maximum Gasteiger partial charge on any atom is 0.133 e. The Morgan fingerprint density at radius 2 is 2.07 bits per heavy atom. The molecule has 0 fully saturated rings. The van der Waals surface area contributed by atoms with Gasteiger partial charge in [0.15, 0.2) is 0 Å². The molecule has 0 unspecified atom stereocenters. The quantitative estimate of drug-likeness (QED) is 0.634. The van der Waals surface area contributed by atoms with E-state index in [0.717, 1.165) is 11.0 Å². The summed E-state index contributed by atoms with van der Waals surface area (Å²) in [7, 11) is 7.05. The van der Waals surface area contributed by atoms with Gasteiger partial charge in [-0.3, -0.25) is 0 Å². The molecule has 1 aromatic carbocycles. The molecule has 1 aromatic heterocycles. The molecule has 0 saturated heterocycles. The van der Waals surface area contributed by atoms with Crippen LogP contribution in [0.4, 0.5) is 0 Å². The molecular formula is C10H12BNO2. The number of rotatable bonds is 1. The molecule has 0 bridgehead atoms. The largest absolute Gasteiger partial charge is 0.459 e. The Hall–Kier alpha value is -1.26. The van der Waals surface area contributed by atoms with Crippen molar-refractivity contribution in [3.05, 3.63) is 30.0 Å². The number of benzene rings is 1. The summed E-state index contributed by atoms with van der Waals surface area (Å²) in [5, 5.41) is 9.75. The molecule has 0 spiro atoms. The number of hydrogen-bond donors (Lipinski definition) is 2. The summed E-state index contributed by atoms with van der Waals surface area (Å²) < 4.78 is 5.27. The smallest absolute Gasteiger partial charge is 0.133 e. The van der Waals surface area contributed by atoms with Gasteiger partial charge < -0.3 is 15.3 Å². The number of fused-ring (bicyclic) bond motifs is 1. The van der Waals surface area contributed by atoms with Crippen molar-refractivity contribution in [2.45, 2.75) is 6.61 Å². The van der Waals surface area contributed by atoms with E-state index >= 15 is 0 Å². The maximum atomic E-state index is 8.78. The summed E-state index contributed by atoms with van der Waals surface area (Å²) in [4.78, 5) is 0. The Morgan fingerprint density at radius 3 is 2.71 bits per heavy atom. The Morgan fingerprint density at radius 1 is 1.36 bits per heavy atom. The third-order valence-corrected chi connectivity index (χ3v) is 1.75. The first kappa shape index (κ1) is 10.8. The number of hydrogen-bond acceptors (Lipinski definition) is 3. The van der Waals surface area contributed by atoms with E-state index in [1.165, 1.54) is 7.05 Å². The van der Waals surface area contributed by atoms with Crippen LogP contribution in [0.1, 0.15) is 5.76 Å². The van der Waals surface area contributed by atoms with Crippen LogP contribution in [0.3, 0.4) is 0 Å². The Labute approximate surface area is 83.9 Å². The summed E-state index contributed by atoms with van der Waals surface area (Å²) in [6.07, 6.45) is 0. The molecule has 0 aliphatic carbocycles. The molecule has 72 valence electrons. The molecule has 2 radical (unpaired) electrons. The van der Waals surface area contributed by atoms with Gasteiger partial charge in [-0.15, -0.1) is 0 Å². The maximum absolute atomic E-state index is 8.78. The van der Waals surface area contributed by atoms with Gasteiger partial charge in [0.2, 0.25) is 0 Å². The zero-order chi connectivity index (χ0) is 10.6. The standard InChI is InChI=1S/C9H7BO2.CH5N/c10-7-2-1-6-3-8(5-11)12-9(6)4-7;1-2/h1-4,11H,5H2;2H2,1H3. The lowest BCUT2D eigenvalue weighted by molar-refractivity contribution is 0.251. The van der Waals surface area contributed by atoms with Crippen LogP contribution in [0.2, 0.25) is 0 Å². The van der Waals surface area contributed by atoms with E-state index < -0.39 is 0 Å². The van der Waals surface area contributed by atoms with Gasteiger partial charge in [0.1, 0.15) is 25.8 Å². The van der Waals surface area contributed by atoms with Crippen LogP contribution < -0.4 is 11.2 Å². The van der Waals surface area contributed by atoms with E-state index in [4.69, 9.17) is 17.4 Å². The van der Waals surface area contributed by atoms with Gasteiger partial charge in [0, 0.05) is 5.39 Å². The summed E-state index contributed by atoms with van der Waals surface area (Å²) in [6.45, 7) is -0.0748. The van der Waals surface area contributed by atoms with Crippen molar-refractivity contribution in [3.8, 4) is 0 Å². The molecule has 0 atom stereocenters. The number of furan rings is 1. The van der Waals surface area contributed by atoms with Crippen molar-refractivity contribution in [2.75, 3.05) is 7.05 Å². The zero-order valence-corrected chi connectivity index (χ0v) is 8.03. The van der Waals surface area contributed by atoms with Crippen molar-refractivity contribution >= 4 is 24.3 Å². The fourth-order valence-corrected chi connectivity index (χ4v) is 1.18. The van der Waals surface area contributed by atoms with Gasteiger partial charge >= 0.3 is 0 Å². The molecule has 4 heteroatoms. The highest BCUT2D eigenvalue weighted by Gasteiger charge is 2.01. The first-order chi connectivity index (χ1) is 6.79. The minimum atomic E-state index is -0.0748. The van der Waals surface area contributed by atoms with E-state index in [2.05, 4.69) is 5.73 Å². The van der Waals surface area contributed by atoms with Gasteiger partial charge in [-0.25, -0.2) is 0 Å². The average molecular weight is 189 g/mol. The Balaban J connectivity index is 0.000000461. The Bertz CT molecular complexity index is 411. The predicted molar refractivity (Wildman–Crippen MR) is 57.6 cm³/mol. The van der Waals surface area contributed by atoms with Crippen molar-refractivity contribution in [1.82, 2.24) is 0 Å². The monoisotopic (exact) mass is 189 g/mol. The first-order valence-electron chi connectivity index (χ1n) is 4.26. The van der Waals surface area contributed by atoms with Crippen molar-refractivity contribution in [3.63, 3.8) is 0 Å². The summed E-state index contributed by atoms with van der Waals surface area (Å²) in [6, 6.07) is 7.22. The van der Waals surface area contributed by atoms with Gasteiger partial charge in [-0.05, 0) is 19.2 Å². The molecule has 2 rings (SSSR count). The van der Waals surface area contributed by atoms with Gasteiger partial charge in [-0.2, -0.15) is 0 Å². The van der Waals surface area contributed by atoms with Gasteiger partial charge in [0.05, 0.1) is 0 Å². The number of aliphatic hydroxyl groups is 1. The fourth-order valence-electron chi connectivity index (χ4n) is 1.18. The molecule has 0 aliphatic heterocycles. The predicted octanol–water partition coefficient (Wildman–Crippen LogP) is 0.294. The molecule has 3 nitrogen and oxygen atoms in total. The molecule has 2 aromatic rings. The second kappa shape index (κ2) is 4.84. The fraction of sp³-hybridized carbons (Fsp3) is 0.200. The highest BCUT2D eigenvalue weighted by atomic mass is 16.4. The van der Waals surface area contributed by atoms with Crippen molar-refractivity contribution in [2.24, 2.45) is 5.73 Å². The second-order valence-corrected chi connectivity index (χ2v) is 2.67. The van der Waals surface area contributed by atoms with E-state index in [9.17, 15) is 0 Å². The molecule has 14 heavy (non-hydrogen) atoms. The molecule has 1 heterocycles. The van der Waals surface area contributed by atoms with Crippen molar-refractivity contribution < 1.29 is 9.52 Å². The summed E-state index contributed by atoms with van der Waals surface area (Å²) in [5.74, 6) is 0.565. The van der Waals surface area contributed by atoms with Gasteiger partial charge in [-0.1, -0.05) is 17.6 Å². The zero-order valence-electron chi connectivity index (χ0n) is 8.03. The van der Waals surface area contributed by atoms with Gasteiger partial charge in [0.25, 0.3) is 0 Å². The molecule has 0 amide bonds. The summed E-state index contributed by atoms with van der Waals surface area (Å²) >= 11 is 0. The topological polar surface area (TPSA) is 59.4 Å². The minimum absolute atomic E-state index is 0.0748. The Kier molecular flexibility index (Phi) is 3.74. The lowest BCUT2D eigenvalue weighted by Gasteiger charge is -1.89. The molecular weight excluding hydrogens is 177 g/mol. The molecule has 3 N–H and O–H groups in total. The first-order valence-corrected chi connectivity index (χ1v) is 4.26. The second-order valence-electron chi connectivity index (χ2n) is 2.67. The van der Waals surface area contributed by atoms with Crippen LogP contribution in [0.5, 0.6) is 0 Å². The van der Waals surface area contributed by atoms with E-state index in [-0.39, 0.29) is 6.61 Å². The van der Waals surface area contributed by atoms with Crippen LogP contribution >= 0.6 is 0 Å². The molecule has 0 saturated carbocycles. The lowest BCUT2D eigenvalue weighted by Crippen LogP contribution is -1.98. The van der Waals surface area contributed by atoms with Crippen LogP contribution in [0, 0.1) is 0 Å². The van der Waals surface area contributed by atoms with Crippen LogP contribution in [-0.4, -0.2) is 20.0 Å². The molecule has 0 aliphatic rings.